The van der Waals surface area contributed by atoms with Gasteiger partial charge in [0, 0.05) is 41.7 Å². The molecule has 0 saturated carbocycles. The molecular formula is C11H14Br2N2O. The lowest BCUT2D eigenvalue weighted by molar-refractivity contribution is -0.128. The number of halogens is 2. The standard InChI is InChI=1S/C11H14Br2N2O/c1-15(2)11(16)5-6-14-10-4-3-8(12)7-9(10)13/h3-4,7,14H,5-6H2,1-2H3. The number of rotatable bonds is 4. The highest BCUT2D eigenvalue weighted by Crippen LogP contribution is 2.25. The van der Waals surface area contributed by atoms with Crippen LogP contribution >= 0.6 is 31.9 Å². The van der Waals surface area contributed by atoms with Crippen molar-refractivity contribution in [1.82, 2.24) is 4.90 Å². The Morgan fingerprint density at radius 3 is 2.62 bits per heavy atom. The highest BCUT2D eigenvalue weighted by Gasteiger charge is 2.04. The quantitative estimate of drug-likeness (QED) is 0.905. The zero-order chi connectivity index (χ0) is 12.1. The van der Waals surface area contributed by atoms with Crippen molar-refractivity contribution >= 4 is 43.5 Å². The van der Waals surface area contributed by atoms with Gasteiger partial charge in [-0.3, -0.25) is 4.79 Å². The minimum Gasteiger partial charge on any atom is -0.384 e. The topological polar surface area (TPSA) is 32.3 Å². The third kappa shape index (κ3) is 4.14. The van der Waals surface area contributed by atoms with E-state index in [4.69, 9.17) is 0 Å². The van der Waals surface area contributed by atoms with Gasteiger partial charge < -0.3 is 10.2 Å². The average molecular weight is 350 g/mol. The molecule has 3 nitrogen and oxygen atoms in total. The first-order valence-corrected chi connectivity index (χ1v) is 6.48. The van der Waals surface area contributed by atoms with Crippen LogP contribution in [0.4, 0.5) is 5.69 Å². The molecule has 0 aliphatic carbocycles. The maximum Gasteiger partial charge on any atom is 0.223 e. The first-order chi connectivity index (χ1) is 7.50. The van der Waals surface area contributed by atoms with Crippen molar-refractivity contribution < 1.29 is 4.79 Å². The molecule has 1 N–H and O–H groups in total. The first-order valence-electron chi connectivity index (χ1n) is 4.90. The zero-order valence-corrected chi connectivity index (χ0v) is 12.4. The summed E-state index contributed by atoms with van der Waals surface area (Å²) in [4.78, 5) is 12.9. The number of carbonyl (C=O) groups excluding carboxylic acids is 1. The smallest absolute Gasteiger partial charge is 0.223 e. The van der Waals surface area contributed by atoms with Gasteiger partial charge in [-0.05, 0) is 34.1 Å². The Morgan fingerprint density at radius 2 is 2.06 bits per heavy atom. The van der Waals surface area contributed by atoms with E-state index in [1.165, 1.54) is 0 Å². The number of anilines is 1. The van der Waals surface area contributed by atoms with E-state index < -0.39 is 0 Å². The van der Waals surface area contributed by atoms with Crippen LogP contribution in [0.1, 0.15) is 6.42 Å². The molecule has 0 aliphatic rings. The molecule has 0 fully saturated rings. The van der Waals surface area contributed by atoms with Crippen LogP contribution in [0.5, 0.6) is 0 Å². The van der Waals surface area contributed by atoms with E-state index >= 15 is 0 Å². The number of nitrogens with one attached hydrogen (secondary N) is 1. The number of benzene rings is 1. The Kier molecular flexibility index (Phi) is 5.28. The van der Waals surface area contributed by atoms with Crippen molar-refractivity contribution in [2.24, 2.45) is 0 Å². The lowest BCUT2D eigenvalue weighted by Gasteiger charge is -2.12. The summed E-state index contributed by atoms with van der Waals surface area (Å²) < 4.78 is 2.01. The normalized spacial score (nSPS) is 10.0. The molecule has 1 rings (SSSR count). The summed E-state index contributed by atoms with van der Waals surface area (Å²) in [5.41, 5.74) is 0.995. The SMILES string of the molecule is CN(C)C(=O)CCNc1ccc(Br)cc1Br. The second-order valence-electron chi connectivity index (χ2n) is 3.59. The Morgan fingerprint density at radius 1 is 1.38 bits per heavy atom. The summed E-state index contributed by atoms with van der Waals surface area (Å²) in [7, 11) is 3.52. The average Bonchev–Trinajstić information content (AvgIpc) is 2.20. The molecule has 0 aliphatic heterocycles. The minimum absolute atomic E-state index is 0.126. The highest BCUT2D eigenvalue weighted by atomic mass is 79.9. The van der Waals surface area contributed by atoms with Crippen LogP contribution in [0.3, 0.4) is 0 Å². The molecule has 0 atom stereocenters. The molecule has 1 aromatic carbocycles. The van der Waals surface area contributed by atoms with E-state index in [1.807, 2.05) is 18.2 Å². The van der Waals surface area contributed by atoms with Crippen molar-refractivity contribution in [3.8, 4) is 0 Å². The van der Waals surface area contributed by atoms with Gasteiger partial charge in [0.05, 0.1) is 0 Å². The van der Waals surface area contributed by atoms with Crippen molar-refractivity contribution in [2.45, 2.75) is 6.42 Å². The van der Waals surface area contributed by atoms with Gasteiger partial charge in [-0.15, -0.1) is 0 Å². The number of hydrogen-bond donors (Lipinski definition) is 1. The monoisotopic (exact) mass is 348 g/mol. The second kappa shape index (κ2) is 6.25. The highest BCUT2D eigenvalue weighted by molar-refractivity contribution is 9.11. The van der Waals surface area contributed by atoms with Crippen molar-refractivity contribution in [1.29, 1.82) is 0 Å². The van der Waals surface area contributed by atoms with E-state index in [1.54, 1.807) is 19.0 Å². The van der Waals surface area contributed by atoms with Gasteiger partial charge in [-0.2, -0.15) is 0 Å². The molecule has 0 bridgehead atoms. The fourth-order valence-electron chi connectivity index (χ4n) is 1.16. The fraction of sp³-hybridized carbons (Fsp3) is 0.364. The van der Waals surface area contributed by atoms with Gasteiger partial charge in [0.15, 0.2) is 0 Å². The van der Waals surface area contributed by atoms with Crippen LogP contribution in [0, 0.1) is 0 Å². The fourth-order valence-corrected chi connectivity index (χ4v) is 2.35. The second-order valence-corrected chi connectivity index (χ2v) is 5.36. The first kappa shape index (κ1) is 13.5. The minimum atomic E-state index is 0.126. The number of carbonyl (C=O) groups is 1. The third-order valence-corrected chi connectivity index (χ3v) is 3.23. The maximum absolute atomic E-state index is 11.3. The van der Waals surface area contributed by atoms with Crippen LogP contribution in [0.25, 0.3) is 0 Å². The van der Waals surface area contributed by atoms with E-state index in [9.17, 15) is 4.79 Å². The van der Waals surface area contributed by atoms with Gasteiger partial charge in [0.25, 0.3) is 0 Å². The maximum atomic E-state index is 11.3. The zero-order valence-electron chi connectivity index (χ0n) is 9.26. The summed E-state index contributed by atoms with van der Waals surface area (Å²) in [5, 5.41) is 3.21. The van der Waals surface area contributed by atoms with Gasteiger partial charge in [-0.25, -0.2) is 0 Å². The number of amides is 1. The van der Waals surface area contributed by atoms with Crippen LogP contribution in [0.15, 0.2) is 27.1 Å². The van der Waals surface area contributed by atoms with Crippen LogP contribution in [0.2, 0.25) is 0 Å². The number of hydrogen-bond acceptors (Lipinski definition) is 2. The lowest BCUT2D eigenvalue weighted by atomic mass is 10.3. The summed E-state index contributed by atoms with van der Waals surface area (Å²) in [6, 6.07) is 5.89. The Labute approximate surface area is 112 Å². The summed E-state index contributed by atoms with van der Waals surface area (Å²) in [6.07, 6.45) is 0.496. The van der Waals surface area contributed by atoms with Gasteiger partial charge in [0.2, 0.25) is 5.91 Å². The predicted molar refractivity (Wildman–Crippen MR) is 73.6 cm³/mol. The summed E-state index contributed by atoms with van der Waals surface area (Å²) >= 11 is 6.84. The Bertz CT molecular complexity index is 380. The molecular weight excluding hydrogens is 336 g/mol. The van der Waals surface area contributed by atoms with Crippen molar-refractivity contribution in [2.75, 3.05) is 26.0 Å². The Hall–Kier alpha value is -0.550. The predicted octanol–water partition coefficient (Wildman–Crippen LogP) is 3.10. The lowest BCUT2D eigenvalue weighted by Crippen LogP contribution is -2.23. The largest absolute Gasteiger partial charge is 0.384 e. The molecule has 1 amide bonds. The molecule has 1 aromatic rings. The molecule has 0 heterocycles. The van der Waals surface area contributed by atoms with E-state index in [-0.39, 0.29) is 5.91 Å². The molecule has 5 heteroatoms. The molecule has 0 unspecified atom stereocenters. The Balaban J connectivity index is 2.46. The van der Waals surface area contributed by atoms with E-state index in [0.29, 0.717) is 13.0 Å². The number of nitrogens with zero attached hydrogens (tertiary/aromatic N) is 1. The molecule has 0 aromatic heterocycles. The molecule has 16 heavy (non-hydrogen) atoms. The van der Waals surface area contributed by atoms with Gasteiger partial charge in [-0.1, -0.05) is 15.9 Å². The van der Waals surface area contributed by atoms with Crippen molar-refractivity contribution in [3.63, 3.8) is 0 Å². The molecule has 0 radical (unpaired) electrons. The molecule has 0 spiro atoms. The molecule has 0 saturated heterocycles. The molecule has 88 valence electrons. The van der Waals surface area contributed by atoms with Gasteiger partial charge >= 0.3 is 0 Å². The summed E-state index contributed by atoms with van der Waals surface area (Å²) in [5.74, 6) is 0.126. The van der Waals surface area contributed by atoms with E-state index in [2.05, 4.69) is 37.2 Å². The van der Waals surface area contributed by atoms with Gasteiger partial charge in [0.1, 0.15) is 0 Å². The van der Waals surface area contributed by atoms with Crippen LogP contribution < -0.4 is 5.32 Å². The van der Waals surface area contributed by atoms with Crippen LogP contribution in [-0.2, 0) is 4.79 Å². The van der Waals surface area contributed by atoms with E-state index in [0.717, 1.165) is 14.6 Å². The van der Waals surface area contributed by atoms with Crippen LogP contribution in [-0.4, -0.2) is 31.4 Å². The third-order valence-electron chi connectivity index (χ3n) is 2.08. The van der Waals surface area contributed by atoms with Crippen molar-refractivity contribution in [3.05, 3.63) is 27.1 Å². The summed E-state index contributed by atoms with van der Waals surface area (Å²) in [6.45, 7) is 0.636.